The molecule has 29 heavy (non-hydrogen) atoms. The van der Waals surface area contributed by atoms with Crippen LogP contribution < -0.4 is 0 Å². The SMILES string of the molecule is O=C1C(c2ccccc2)=CC(c2ccc(C(F)(F)F)cc2)N1Cc1ccccc1. The first-order valence-corrected chi connectivity index (χ1v) is 9.23. The summed E-state index contributed by atoms with van der Waals surface area (Å²) < 4.78 is 38.8. The fraction of sp³-hybridized carbons (Fsp3) is 0.125. The van der Waals surface area contributed by atoms with E-state index in [0.29, 0.717) is 17.7 Å². The number of hydrogen-bond acceptors (Lipinski definition) is 1. The summed E-state index contributed by atoms with van der Waals surface area (Å²) in [5.41, 5.74) is 2.26. The van der Waals surface area contributed by atoms with E-state index in [0.717, 1.165) is 23.3 Å². The van der Waals surface area contributed by atoms with Gasteiger partial charge in [0.1, 0.15) is 0 Å². The van der Waals surface area contributed by atoms with Gasteiger partial charge in [0.15, 0.2) is 0 Å². The third kappa shape index (κ3) is 3.94. The van der Waals surface area contributed by atoms with E-state index in [1.54, 1.807) is 4.90 Å². The Bertz CT molecular complexity index is 1030. The number of carbonyl (C=O) groups is 1. The van der Waals surface area contributed by atoms with Crippen molar-refractivity contribution in [3.8, 4) is 0 Å². The van der Waals surface area contributed by atoms with Crippen molar-refractivity contribution < 1.29 is 18.0 Å². The van der Waals surface area contributed by atoms with Crippen LogP contribution in [0.1, 0.15) is 28.3 Å². The zero-order valence-corrected chi connectivity index (χ0v) is 15.4. The van der Waals surface area contributed by atoms with Gasteiger partial charge in [0, 0.05) is 12.1 Å². The monoisotopic (exact) mass is 393 g/mol. The maximum absolute atomic E-state index is 13.2. The lowest BCUT2D eigenvalue weighted by Gasteiger charge is -2.25. The van der Waals surface area contributed by atoms with Crippen molar-refractivity contribution in [2.75, 3.05) is 0 Å². The van der Waals surface area contributed by atoms with E-state index in [2.05, 4.69) is 0 Å². The molecule has 1 unspecified atom stereocenters. The number of halogens is 3. The average molecular weight is 393 g/mol. The topological polar surface area (TPSA) is 20.3 Å². The first-order chi connectivity index (χ1) is 13.9. The summed E-state index contributed by atoms with van der Waals surface area (Å²) >= 11 is 0. The van der Waals surface area contributed by atoms with Crippen LogP contribution in [-0.2, 0) is 17.5 Å². The van der Waals surface area contributed by atoms with Crippen LogP contribution in [0.4, 0.5) is 13.2 Å². The summed E-state index contributed by atoms with van der Waals surface area (Å²) in [6, 6.07) is 23.5. The molecule has 146 valence electrons. The van der Waals surface area contributed by atoms with Crippen LogP contribution >= 0.6 is 0 Å². The summed E-state index contributed by atoms with van der Waals surface area (Å²) in [5, 5.41) is 0. The van der Waals surface area contributed by atoms with Gasteiger partial charge in [0.25, 0.3) is 5.91 Å². The van der Waals surface area contributed by atoms with E-state index in [9.17, 15) is 18.0 Å². The minimum Gasteiger partial charge on any atom is -0.324 e. The predicted molar refractivity (Wildman–Crippen MR) is 106 cm³/mol. The Hall–Kier alpha value is -3.34. The average Bonchev–Trinajstić information content (AvgIpc) is 3.05. The largest absolute Gasteiger partial charge is 0.416 e. The molecule has 1 heterocycles. The molecule has 0 fully saturated rings. The second-order valence-corrected chi connectivity index (χ2v) is 6.93. The van der Waals surface area contributed by atoms with Gasteiger partial charge in [-0.05, 0) is 34.9 Å². The summed E-state index contributed by atoms with van der Waals surface area (Å²) in [4.78, 5) is 14.9. The highest BCUT2D eigenvalue weighted by Gasteiger charge is 2.35. The Kier molecular flexibility index (Phi) is 4.97. The molecule has 0 saturated heterocycles. The van der Waals surface area contributed by atoms with Crippen molar-refractivity contribution in [1.29, 1.82) is 0 Å². The van der Waals surface area contributed by atoms with Gasteiger partial charge in [0.2, 0.25) is 0 Å². The number of alkyl halides is 3. The van der Waals surface area contributed by atoms with Gasteiger partial charge in [-0.3, -0.25) is 4.79 Å². The minimum atomic E-state index is -4.39. The van der Waals surface area contributed by atoms with Crippen LogP contribution in [0.2, 0.25) is 0 Å². The van der Waals surface area contributed by atoms with Gasteiger partial charge in [-0.15, -0.1) is 0 Å². The van der Waals surface area contributed by atoms with Crippen LogP contribution in [0.15, 0.2) is 91.0 Å². The molecule has 0 aliphatic carbocycles. The standard InChI is InChI=1S/C24H18F3NO/c25-24(26,27)20-13-11-19(12-14-20)22-15-21(18-9-5-2-6-10-18)23(29)28(22)16-17-7-3-1-4-8-17/h1-15,22H,16H2. The van der Waals surface area contributed by atoms with E-state index in [4.69, 9.17) is 0 Å². The Balaban J connectivity index is 1.72. The van der Waals surface area contributed by atoms with Crippen LogP contribution in [0.25, 0.3) is 5.57 Å². The number of nitrogens with zero attached hydrogens (tertiary/aromatic N) is 1. The zero-order chi connectivity index (χ0) is 20.4. The highest BCUT2D eigenvalue weighted by Crippen LogP contribution is 2.38. The Labute approximate surface area is 166 Å². The fourth-order valence-corrected chi connectivity index (χ4v) is 3.53. The third-order valence-corrected chi connectivity index (χ3v) is 5.01. The number of carbonyl (C=O) groups excluding carboxylic acids is 1. The van der Waals surface area contributed by atoms with Gasteiger partial charge in [-0.1, -0.05) is 72.8 Å². The molecule has 2 nitrogen and oxygen atoms in total. The Morgan fingerprint density at radius 2 is 1.38 bits per heavy atom. The summed E-state index contributed by atoms with van der Waals surface area (Å²) in [5.74, 6) is -0.134. The van der Waals surface area contributed by atoms with Gasteiger partial charge in [-0.2, -0.15) is 13.2 Å². The lowest BCUT2D eigenvalue weighted by atomic mass is 10.0. The van der Waals surface area contributed by atoms with E-state index in [1.165, 1.54) is 12.1 Å². The number of hydrogen-bond donors (Lipinski definition) is 0. The van der Waals surface area contributed by atoms with E-state index in [-0.39, 0.29) is 5.91 Å². The number of amides is 1. The van der Waals surface area contributed by atoms with E-state index >= 15 is 0 Å². The molecule has 5 heteroatoms. The third-order valence-electron chi connectivity index (χ3n) is 5.01. The van der Waals surface area contributed by atoms with Crippen LogP contribution in [0, 0.1) is 0 Å². The number of benzene rings is 3. The van der Waals surface area contributed by atoms with Gasteiger partial charge >= 0.3 is 6.18 Å². The van der Waals surface area contributed by atoms with Crippen molar-refractivity contribution in [3.63, 3.8) is 0 Å². The molecule has 0 saturated carbocycles. The highest BCUT2D eigenvalue weighted by molar-refractivity contribution is 6.21. The molecule has 3 aromatic carbocycles. The molecule has 3 aromatic rings. The van der Waals surface area contributed by atoms with Crippen molar-refractivity contribution in [2.45, 2.75) is 18.8 Å². The molecule has 0 spiro atoms. The highest BCUT2D eigenvalue weighted by atomic mass is 19.4. The fourth-order valence-electron chi connectivity index (χ4n) is 3.53. The lowest BCUT2D eigenvalue weighted by molar-refractivity contribution is -0.137. The van der Waals surface area contributed by atoms with Crippen LogP contribution in [-0.4, -0.2) is 10.8 Å². The van der Waals surface area contributed by atoms with Crippen LogP contribution in [0.5, 0.6) is 0 Å². The molecular formula is C24H18F3NO. The maximum atomic E-state index is 13.2. The van der Waals surface area contributed by atoms with E-state index < -0.39 is 17.8 Å². The molecule has 1 aliphatic heterocycles. The summed E-state index contributed by atoms with van der Waals surface area (Å²) in [6.45, 7) is 0.373. The number of rotatable bonds is 4. The zero-order valence-electron chi connectivity index (χ0n) is 15.4. The molecule has 1 amide bonds. The lowest BCUT2D eigenvalue weighted by Crippen LogP contribution is -2.29. The molecule has 1 atom stereocenters. The summed E-state index contributed by atoms with van der Waals surface area (Å²) in [6.07, 6.45) is -2.55. The maximum Gasteiger partial charge on any atom is 0.416 e. The van der Waals surface area contributed by atoms with Crippen molar-refractivity contribution in [2.24, 2.45) is 0 Å². The first kappa shape index (κ1) is 19.0. The Morgan fingerprint density at radius 3 is 1.97 bits per heavy atom. The first-order valence-electron chi connectivity index (χ1n) is 9.23. The van der Waals surface area contributed by atoms with Gasteiger partial charge in [0.05, 0.1) is 11.6 Å². The molecule has 0 bridgehead atoms. The minimum absolute atomic E-state index is 0.134. The second kappa shape index (κ2) is 7.59. The Morgan fingerprint density at radius 1 is 0.793 bits per heavy atom. The van der Waals surface area contributed by atoms with Gasteiger partial charge in [-0.25, -0.2) is 0 Å². The van der Waals surface area contributed by atoms with Gasteiger partial charge < -0.3 is 4.90 Å². The van der Waals surface area contributed by atoms with Crippen LogP contribution in [0.3, 0.4) is 0 Å². The van der Waals surface area contributed by atoms with Crippen molar-refractivity contribution in [3.05, 3.63) is 113 Å². The normalized spacial score (nSPS) is 16.8. The molecule has 4 rings (SSSR count). The van der Waals surface area contributed by atoms with Crippen molar-refractivity contribution in [1.82, 2.24) is 4.90 Å². The second-order valence-electron chi connectivity index (χ2n) is 6.93. The smallest absolute Gasteiger partial charge is 0.324 e. The van der Waals surface area contributed by atoms with Crippen molar-refractivity contribution >= 4 is 11.5 Å². The molecule has 0 N–H and O–H groups in total. The molecule has 0 radical (unpaired) electrons. The predicted octanol–water partition coefficient (Wildman–Crippen LogP) is 5.87. The summed E-state index contributed by atoms with van der Waals surface area (Å²) in [7, 11) is 0. The quantitative estimate of drug-likeness (QED) is 0.543. The molecule has 1 aliphatic rings. The molecular weight excluding hydrogens is 375 g/mol. The molecule has 0 aromatic heterocycles. The van der Waals surface area contributed by atoms with E-state index in [1.807, 2.05) is 66.7 Å².